The molecule has 0 amide bonds. The second-order valence-corrected chi connectivity index (χ2v) is 11.1. The molecule has 0 aliphatic heterocycles. The number of rotatable bonds is 4. The maximum Gasteiger partial charge on any atom is 0.316 e. The fourth-order valence-electron chi connectivity index (χ4n) is 5.11. The Kier molecular flexibility index (Phi) is 6.36. The molecule has 3 nitrogen and oxygen atoms in total. The Bertz CT molecular complexity index is 1860. The molecule has 1 N–H and O–H groups in total. The van der Waals surface area contributed by atoms with E-state index in [1.54, 1.807) is 6.07 Å². The molecule has 3 heteroatoms. The van der Waals surface area contributed by atoms with Gasteiger partial charge in [0.05, 0.1) is 5.41 Å². The van der Waals surface area contributed by atoms with Crippen molar-refractivity contribution < 1.29 is 14.6 Å². The van der Waals surface area contributed by atoms with Gasteiger partial charge in [0.2, 0.25) is 0 Å². The highest BCUT2D eigenvalue weighted by molar-refractivity contribution is 6.11. The summed E-state index contributed by atoms with van der Waals surface area (Å²) in [6.07, 6.45) is 0. The summed E-state index contributed by atoms with van der Waals surface area (Å²) in [5, 5.41) is 15.1. The lowest BCUT2D eigenvalue weighted by atomic mass is 9.90. The zero-order valence-electron chi connectivity index (χ0n) is 22.8. The minimum absolute atomic E-state index is 0.132. The van der Waals surface area contributed by atoms with Crippen LogP contribution in [0.4, 0.5) is 0 Å². The van der Waals surface area contributed by atoms with E-state index in [1.165, 1.54) is 0 Å². The van der Waals surface area contributed by atoms with Crippen molar-refractivity contribution in [3.63, 3.8) is 0 Å². The standard InChI is InChI=1S/C37H30O3/c1-37(2,3)36(39)40-33-21-17-29-23-27(25-12-8-5-9-13-25)15-19-31(29)35(33)34-30-18-14-26(24-10-6-4-7-11-24)22-28(30)16-20-32(34)38/h4-23,38H,1-3H3. The van der Waals surface area contributed by atoms with Crippen LogP contribution in [0.25, 0.3) is 54.9 Å². The van der Waals surface area contributed by atoms with Gasteiger partial charge in [0.15, 0.2) is 0 Å². The zero-order chi connectivity index (χ0) is 27.9. The molecular weight excluding hydrogens is 492 g/mol. The lowest BCUT2D eigenvalue weighted by molar-refractivity contribution is -0.142. The SMILES string of the molecule is CC(C)(C)C(=O)Oc1ccc2cc(-c3ccccc3)ccc2c1-c1c(O)ccc2cc(-c3ccccc3)ccc12. The number of hydrogen-bond donors (Lipinski definition) is 1. The molecule has 0 fully saturated rings. The molecule has 0 atom stereocenters. The Balaban J connectivity index is 1.60. The third-order valence-electron chi connectivity index (χ3n) is 7.26. The van der Waals surface area contributed by atoms with Crippen molar-refractivity contribution in [1.82, 2.24) is 0 Å². The monoisotopic (exact) mass is 522 g/mol. The number of phenols is 1. The highest BCUT2D eigenvalue weighted by Gasteiger charge is 2.26. The third-order valence-corrected chi connectivity index (χ3v) is 7.26. The molecule has 0 saturated heterocycles. The van der Waals surface area contributed by atoms with Crippen LogP contribution < -0.4 is 4.74 Å². The van der Waals surface area contributed by atoms with Crippen LogP contribution in [0.2, 0.25) is 0 Å². The first-order chi connectivity index (χ1) is 19.3. The molecule has 0 unspecified atom stereocenters. The number of carbonyl (C=O) groups excluding carboxylic acids is 1. The van der Waals surface area contributed by atoms with E-state index in [0.717, 1.165) is 43.8 Å². The van der Waals surface area contributed by atoms with Gasteiger partial charge in [-0.25, -0.2) is 0 Å². The number of carbonyl (C=O) groups is 1. The normalized spacial score (nSPS) is 11.6. The third kappa shape index (κ3) is 4.71. The molecule has 40 heavy (non-hydrogen) atoms. The molecule has 6 aromatic carbocycles. The predicted molar refractivity (Wildman–Crippen MR) is 165 cm³/mol. The van der Waals surface area contributed by atoms with Crippen molar-refractivity contribution in [2.75, 3.05) is 0 Å². The topological polar surface area (TPSA) is 46.5 Å². The van der Waals surface area contributed by atoms with Crippen LogP contribution in [0, 0.1) is 5.41 Å². The van der Waals surface area contributed by atoms with Crippen LogP contribution in [0.1, 0.15) is 20.8 Å². The molecule has 0 spiro atoms. The van der Waals surface area contributed by atoms with E-state index in [9.17, 15) is 9.90 Å². The van der Waals surface area contributed by atoms with Crippen LogP contribution in [0.15, 0.2) is 121 Å². The number of phenolic OH excluding ortho intramolecular Hbond substituents is 1. The molecule has 6 aromatic rings. The zero-order valence-corrected chi connectivity index (χ0v) is 22.8. The van der Waals surface area contributed by atoms with Gasteiger partial charge in [0.1, 0.15) is 11.5 Å². The van der Waals surface area contributed by atoms with Crippen LogP contribution in [-0.2, 0) is 4.79 Å². The summed E-state index contributed by atoms with van der Waals surface area (Å²) in [6, 6.07) is 40.4. The summed E-state index contributed by atoms with van der Waals surface area (Å²) in [5.41, 5.74) is 5.09. The van der Waals surface area contributed by atoms with Crippen molar-refractivity contribution in [3.8, 4) is 44.9 Å². The van der Waals surface area contributed by atoms with Crippen molar-refractivity contribution in [1.29, 1.82) is 0 Å². The van der Waals surface area contributed by atoms with E-state index < -0.39 is 5.41 Å². The lowest BCUT2D eigenvalue weighted by Crippen LogP contribution is -2.25. The summed E-state index contributed by atoms with van der Waals surface area (Å²) in [7, 11) is 0. The number of ether oxygens (including phenoxy) is 1. The Hall–Kier alpha value is -4.89. The number of hydrogen-bond acceptors (Lipinski definition) is 3. The van der Waals surface area contributed by atoms with E-state index >= 15 is 0 Å². The fraction of sp³-hybridized carbons (Fsp3) is 0.108. The fourth-order valence-corrected chi connectivity index (χ4v) is 5.11. The smallest absolute Gasteiger partial charge is 0.316 e. The maximum atomic E-state index is 13.1. The van der Waals surface area contributed by atoms with Gasteiger partial charge in [0, 0.05) is 11.1 Å². The minimum Gasteiger partial charge on any atom is -0.507 e. The van der Waals surface area contributed by atoms with E-state index in [0.29, 0.717) is 16.9 Å². The summed E-state index contributed by atoms with van der Waals surface area (Å²) >= 11 is 0. The van der Waals surface area contributed by atoms with Gasteiger partial charge in [0.25, 0.3) is 0 Å². The first kappa shape index (κ1) is 25.4. The summed E-state index contributed by atoms with van der Waals surface area (Å²) in [6.45, 7) is 5.51. The van der Waals surface area contributed by atoms with Gasteiger partial charge >= 0.3 is 5.97 Å². The summed E-state index contributed by atoms with van der Waals surface area (Å²) < 4.78 is 6.03. The van der Waals surface area contributed by atoms with E-state index in [4.69, 9.17) is 4.74 Å². The molecule has 0 heterocycles. The molecule has 0 bridgehead atoms. The van der Waals surface area contributed by atoms with Crippen LogP contribution in [-0.4, -0.2) is 11.1 Å². The second-order valence-electron chi connectivity index (χ2n) is 11.1. The molecule has 0 aliphatic rings. The van der Waals surface area contributed by atoms with Gasteiger partial charge in [-0.2, -0.15) is 0 Å². The van der Waals surface area contributed by atoms with Crippen molar-refractivity contribution in [3.05, 3.63) is 121 Å². The average molecular weight is 523 g/mol. The van der Waals surface area contributed by atoms with E-state index in [-0.39, 0.29) is 11.7 Å². The van der Waals surface area contributed by atoms with Crippen LogP contribution in [0.5, 0.6) is 11.5 Å². The van der Waals surface area contributed by atoms with E-state index in [2.05, 4.69) is 54.6 Å². The lowest BCUT2D eigenvalue weighted by Gasteiger charge is -2.21. The second kappa shape index (κ2) is 10.0. The molecule has 0 saturated carbocycles. The quantitative estimate of drug-likeness (QED) is 0.185. The van der Waals surface area contributed by atoms with Gasteiger partial charge in [-0.1, -0.05) is 97.1 Å². The summed E-state index contributed by atoms with van der Waals surface area (Å²) in [5.74, 6) is 0.225. The number of benzene rings is 6. The molecule has 0 aliphatic carbocycles. The van der Waals surface area contributed by atoms with E-state index in [1.807, 2.05) is 81.4 Å². The van der Waals surface area contributed by atoms with Gasteiger partial charge in [-0.15, -0.1) is 0 Å². The number of aromatic hydroxyl groups is 1. The molecule has 0 aromatic heterocycles. The molecule has 196 valence electrons. The maximum absolute atomic E-state index is 13.1. The minimum atomic E-state index is -0.686. The summed E-state index contributed by atoms with van der Waals surface area (Å²) in [4.78, 5) is 13.1. The van der Waals surface area contributed by atoms with Crippen molar-refractivity contribution in [2.45, 2.75) is 20.8 Å². The average Bonchev–Trinajstić information content (AvgIpc) is 2.97. The van der Waals surface area contributed by atoms with Gasteiger partial charge < -0.3 is 9.84 Å². The Morgan fingerprint density at radius 3 is 1.60 bits per heavy atom. The van der Waals surface area contributed by atoms with Crippen LogP contribution >= 0.6 is 0 Å². The predicted octanol–water partition coefficient (Wildman–Crippen LogP) is 9.65. The molecular formula is C37H30O3. The first-order valence-electron chi connectivity index (χ1n) is 13.5. The largest absolute Gasteiger partial charge is 0.507 e. The molecule has 6 rings (SSSR count). The number of esters is 1. The van der Waals surface area contributed by atoms with Crippen molar-refractivity contribution >= 4 is 27.5 Å². The van der Waals surface area contributed by atoms with Crippen molar-refractivity contribution in [2.24, 2.45) is 5.41 Å². The number of fused-ring (bicyclic) bond motifs is 2. The van der Waals surface area contributed by atoms with Gasteiger partial charge in [-0.05, 0) is 88.8 Å². The van der Waals surface area contributed by atoms with Gasteiger partial charge in [-0.3, -0.25) is 4.79 Å². The Morgan fingerprint density at radius 2 is 1.07 bits per heavy atom. The molecule has 0 radical (unpaired) electrons. The van der Waals surface area contributed by atoms with Crippen LogP contribution in [0.3, 0.4) is 0 Å². The Labute approximate surface area is 234 Å². The first-order valence-corrected chi connectivity index (χ1v) is 13.5. The highest BCUT2D eigenvalue weighted by Crippen LogP contribution is 2.46. The Morgan fingerprint density at radius 1 is 0.575 bits per heavy atom. The highest BCUT2D eigenvalue weighted by atomic mass is 16.5.